The van der Waals surface area contributed by atoms with Crippen molar-refractivity contribution in [1.82, 2.24) is 29.7 Å². The molecule has 0 spiro atoms. The van der Waals surface area contributed by atoms with Crippen LogP contribution in [0.15, 0.2) is 85.1 Å². The molecular formula is C34H41N7. The second-order valence-electron chi connectivity index (χ2n) is 10.2. The second kappa shape index (κ2) is 13.1. The van der Waals surface area contributed by atoms with Crippen molar-refractivity contribution in [3.8, 4) is 28.3 Å². The molecule has 2 aliphatic heterocycles. The van der Waals surface area contributed by atoms with Crippen LogP contribution in [0.3, 0.4) is 0 Å². The lowest BCUT2D eigenvalue weighted by atomic mass is 10.0. The van der Waals surface area contributed by atoms with Gasteiger partial charge in [0.25, 0.3) is 0 Å². The molecule has 0 radical (unpaired) electrons. The van der Waals surface area contributed by atoms with Crippen LogP contribution < -0.4 is 11.1 Å². The smallest absolute Gasteiger partial charge is 0.165 e. The molecule has 3 aromatic heterocycles. The summed E-state index contributed by atoms with van der Waals surface area (Å²) in [6.45, 7) is 13.7. The molecule has 41 heavy (non-hydrogen) atoms. The monoisotopic (exact) mass is 547 g/mol. The van der Waals surface area contributed by atoms with E-state index in [4.69, 9.17) is 15.7 Å². The first-order valence-corrected chi connectivity index (χ1v) is 14.9. The minimum Gasteiger partial charge on any atom is -0.383 e. The number of nitrogen functional groups attached to an aromatic ring is 1. The number of nitrogens with one attached hydrogen (secondary N) is 1. The van der Waals surface area contributed by atoms with Crippen LogP contribution in [0.5, 0.6) is 0 Å². The summed E-state index contributed by atoms with van der Waals surface area (Å²) in [5, 5.41) is 3.53. The van der Waals surface area contributed by atoms with Crippen molar-refractivity contribution >= 4 is 17.0 Å². The van der Waals surface area contributed by atoms with Gasteiger partial charge in [-0.2, -0.15) is 0 Å². The largest absolute Gasteiger partial charge is 0.383 e. The van der Waals surface area contributed by atoms with Gasteiger partial charge in [0.05, 0.1) is 11.3 Å². The number of likely N-dealkylation sites (tertiary alicyclic amines) is 1. The van der Waals surface area contributed by atoms with Gasteiger partial charge in [0.1, 0.15) is 11.3 Å². The lowest BCUT2D eigenvalue weighted by Gasteiger charge is -2.17. The molecule has 7 heteroatoms. The van der Waals surface area contributed by atoms with Gasteiger partial charge in [-0.1, -0.05) is 70.2 Å². The van der Waals surface area contributed by atoms with E-state index in [9.17, 15) is 0 Å². The van der Waals surface area contributed by atoms with Gasteiger partial charge in [-0.05, 0) is 66.9 Å². The number of nitrogens with zero attached hydrogens (tertiary/aromatic N) is 5. The van der Waals surface area contributed by atoms with Gasteiger partial charge in [-0.15, -0.1) is 0 Å². The minimum absolute atomic E-state index is 0.452. The molecule has 5 aromatic rings. The molecule has 7 nitrogen and oxygen atoms in total. The number of anilines is 1. The highest BCUT2D eigenvalue weighted by Gasteiger charge is 2.35. The van der Waals surface area contributed by atoms with E-state index >= 15 is 0 Å². The number of hydrogen-bond donors (Lipinski definition) is 2. The fraction of sp³-hybridized carbons (Fsp3) is 0.324. The zero-order valence-electron chi connectivity index (χ0n) is 24.6. The Morgan fingerprint density at radius 1 is 0.805 bits per heavy atom. The molecule has 0 bridgehead atoms. The van der Waals surface area contributed by atoms with Crippen LogP contribution in [0.2, 0.25) is 0 Å². The molecule has 0 saturated carbocycles. The van der Waals surface area contributed by atoms with Crippen LogP contribution in [0.1, 0.15) is 33.3 Å². The quantitative estimate of drug-likeness (QED) is 0.264. The van der Waals surface area contributed by atoms with Gasteiger partial charge in [0.2, 0.25) is 0 Å². The number of nitrogens with two attached hydrogens (primary N) is 1. The van der Waals surface area contributed by atoms with Crippen molar-refractivity contribution < 1.29 is 0 Å². The van der Waals surface area contributed by atoms with Crippen molar-refractivity contribution in [2.45, 2.75) is 34.2 Å². The Balaban J connectivity index is 0.000000810. The van der Waals surface area contributed by atoms with Gasteiger partial charge in [-0.25, -0.2) is 15.0 Å². The average Bonchev–Trinajstić information content (AvgIpc) is 3.74. The van der Waals surface area contributed by atoms with Crippen LogP contribution in [0.4, 0.5) is 5.82 Å². The predicted molar refractivity (Wildman–Crippen MR) is 170 cm³/mol. The van der Waals surface area contributed by atoms with Crippen molar-refractivity contribution in [3.05, 3.63) is 90.6 Å². The third-order valence-electron chi connectivity index (χ3n) is 7.72. The van der Waals surface area contributed by atoms with E-state index in [1.807, 2.05) is 70.2 Å². The first-order chi connectivity index (χ1) is 20.2. The molecule has 0 amide bonds. The third-order valence-corrected chi connectivity index (χ3v) is 7.72. The van der Waals surface area contributed by atoms with Gasteiger partial charge < -0.3 is 11.1 Å². The number of aromatic nitrogens is 4. The Labute approximate surface area is 243 Å². The maximum Gasteiger partial charge on any atom is 0.165 e. The van der Waals surface area contributed by atoms with Gasteiger partial charge in [0.15, 0.2) is 11.5 Å². The number of rotatable bonds is 5. The number of pyridine rings is 2. The van der Waals surface area contributed by atoms with Gasteiger partial charge in [0, 0.05) is 37.1 Å². The Morgan fingerprint density at radius 2 is 1.51 bits per heavy atom. The standard InChI is InChI=1S/C30H29N7.2C2H6/c31-28-25(7-4-14-33-28)29-35-27-13-12-26(21-5-2-1-3-6-21)34-30(27)37(29)24-10-8-20(9-11-24)17-36-18-22-15-32-16-23(22)19-36;2*1-2/h1-14,22-23,32H,15-19H2,(H2,31,33);2*1-2H3. The number of benzene rings is 2. The molecule has 2 fully saturated rings. The van der Waals surface area contributed by atoms with Gasteiger partial charge in [-0.3, -0.25) is 9.47 Å². The fourth-order valence-electron chi connectivity index (χ4n) is 5.85. The molecule has 2 saturated heterocycles. The van der Waals surface area contributed by atoms with E-state index in [1.165, 1.54) is 18.7 Å². The summed E-state index contributed by atoms with van der Waals surface area (Å²) >= 11 is 0. The predicted octanol–water partition coefficient (Wildman–Crippen LogP) is 6.44. The molecule has 0 aliphatic carbocycles. The van der Waals surface area contributed by atoms with E-state index in [2.05, 4.69) is 56.2 Å². The first kappa shape index (κ1) is 28.5. The minimum atomic E-state index is 0.452. The Hall–Kier alpha value is -4.07. The number of hydrogen-bond acceptors (Lipinski definition) is 6. The summed E-state index contributed by atoms with van der Waals surface area (Å²) in [6.07, 6.45) is 1.70. The molecular weight excluding hydrogens is 506 g/mol. The normalized spacial score (nSPS) is 17.9. The fourth-order valence-corrected chi connectivity index (χ4v) is 5.85. The van der Waals surface area contributed by atoms with E-state index in [0.29, 0.717) is 5.82 Å². The average molecular weight is 548 g/mol. The molecule has 7 rings (SSSR count). The third kappa shape index (κ3) is 5.87. The van der Waals surface area contributed by atoms with E-state index in [0.717, 1.165) is 71.0 Å². The highest BCUT2D eigenvalue weighted by Crippen LogP contribution is 2.32. The second-order valence-corrected chi connectivity index (χ2v) is 10.2. The van der Waals surface area contributed by atoms with Crippen LogP contribution in [0, 0.1) is 11.8 Å². The zero-order chi connectivity index (χ0) is 28.8. The molecule has 3 N–H and O–H groups in total. The highest BCUT2D eigenvalue weighted by molar-refractivity contribution is 5.84. The van der Waals surface area contributed by atoms with Crippen molar-refractivity contribution in [2.75, 3.05) is 31.9 Å². The summed E-state index contributed by atoms with van der Waals surface area (Å²) < 4.78 is 2.10. The van der Waals surface area contributed by atoms with Crippen LogP contribution in [0.25, 0.3) is 39.5 Å². The first-order valence-electron chi connectivity index (χ1n) is 14.9. The lowest BCUT2D eigenvalue weighted by molar-refractivity contribution is 0.305. The number of imidazole rings is 1. The SMILES string of the molecule is CC.CC.Nc1ncccc1-c1nc2ccc(-c3ccccc3)nc2n1-c1ccc(CN2CC3CNCC3C2)cc1. The summed E-state index contributed by atoms with van der Waals surface area (Å²) in [6, 6.07) is 26.9. The maximum atomic E-state index is 6.30. The van der Waals surface area contributed by atoms with E-state index in [1.54, 1.807) is 6.20 Å². The van der Waals surface area contributed by atoms with E-state index < -0.39 is 0 Å². The summed E-state index contributed by atoms with van der Waals surface area (Å²) in [5.41, 5.74) is 13.0. The molecule has 212 valence electrons. The van der Waals surface area contributed by atoms with Crippen molar-refractivity contribution in [2.24, 2.45) is 11.8 Å². The lowest BCUT2D eigenvalue weighted by Crippen LogP contribution is -2.25. The van der Waals surface area contributed by atoms with Crippen molar-refractivity contribution in [1.29, 1.82) is 0 Å². The summed E-state index contributed by atoms with van der Waals surface area (Å²) in [7, 11) is 0. The highest BCUT2D eigenvalue weighted by atomic mass is 15.2. The zero-order valence-corrected chi connectivity index (χ0v) is 24.6. The topological polar surface area (TPSA) is 84.9 Å². The molecule has 2 aromatic carbocycles. The van der Waals surface area contributed by atoms with E-state index in [-0.39, 0.29) is 0 Å². The number of fused-ring (bicyclic) bond motifs is 2. The molecule has 2 unspecified atom stereocenters. The molecule has 5 heterocycles. The summed E-state index contributed by atoms with van der Waals surface area (Å²) in [5.74, 6) is 2.79. The van der Waals surface area contributed by atoms with Crippen LogP contribution in [-0.2, 0) is 6.54 Å². The molecule has 2 atom stereocenters. The van der Waals surface area contributed by atoms with Crippen molar-refractivity contribution in [3.63, 3.8) is 0 Å². The summed E-state index contributed by atoms with van der Waals surface area (Å²) in [4.78, 5) is 16.9. The Morgan fingerprint density at radius 3 is 2.20 bits per heavy atom. The Kier molecular flexibility index (Phi) is 9.07. The van der Waals surface area contributed by atoms with Crippen LogP contribution >= 0.6 is 0 Å². The molecule has 2 aliphatic rings. The maximum absolute atomic E-state index is 6.30. The Bertz CT molecular complexity index is 1550. The van der Waals surface area contributed by atoms with Crippen LogP contribution in [-0.4, -0.2) is 50.6 Å². The van der Waals surface area contributed by atoms with Gasteiger partial charge >= 0.3 is 0 Å².